The minimum Gasteiger partial charge on any atom is -0.353 e. The van der Waals surface area contributed by atoms with Gasteiger partial charge >= 0.3 is 6.03 Å². The molecular formula is C17H25N5O2. The van der Waals surface area contributed by atoms with E-state index in [0.29, 0.717) is 26.1 Å². The van der Waals surface area contributed by atoms with Gasteiger partial charge in [0.05, 0.1) is 6.04 Å². The Morgan fingerprint density at radius 1 is 1.25 bits per heavy atom. The van der Waals surface area contributed by atoms with Gasteiger partial charge in [-0.2, -0.15) is 0 Å². The second kappa shape index (κ2) is 7.07. The Morgan fingerprint density at radius 3 is 2.58 bits per heavy atom. The van der Waals surface area contributed by atoms with E-state index in [9.17, 15) is 9.59 Å². The third-order valence-electron chi connectivity index (χ3n) is 4.65. The van der Waals surface area contributed by atoms with Gasteiger partial charge in [0.15, 0.2) is 0 Å². The third-order valence-corrected chi connectivity index (χ3v) is 4.65. The first kappa shape index (κ1) is 16.5. The van der Waals surface area contributed by atoms with Gasteiger partial charge in [0.1, 0.15) is 5.82 Å². The molecule has 0 aliphatic carbocycles. The highest BCUT2D eigenvalue weighted by molar-refractivity contribution is 5.82. The summed E-state index contributed by atoms with van der Waals surface area (Å²) in [5.41, 5.74) is 0. The van der Waals surface area contributed by atoms with Gasteiger partial charge in [0, 0.05) is 51.4 Å². The summed E-state index contributed by atoms with van der Waals surface area (Å²) in [7, 11) is 0. The van der Waals surface area contributed by atoms with Crippen molar-refractivity contribution in [3.05, 3.63) is 24.4 Å². The van der Waals surface area contributed by atoms with Crippen LogP contribution in [0.25, 0.3) is 0 Å². The molecule has 0 radical (unpaired) electrons. The van der Waals surface area contributed by atoms with Crippen LogP contribution in [0.3, 0.4) is 0 Å². The zero-order chi connectivity index (χ0) is 17.1. The van der Waals surface area contributed by atoms with Crippen molar-refractivity contribution in [1.29, 1.82) is 0 Å². The number of carbonyl (C=O) groups excluding carboxylic acids is 2. The number of urea groups is 1. The lowest BCUT2D eigenvalue weighted by Gasteiger charge is -2.35. The van der Waals surface area contributed by atoms with Gasteiger partial charge in [-0.15, -0.1) is 0 Å². The highest BCUT2D eigenvalue weighted by Gasteiger charge is 2.33. The fourth-order valence-corrected chi connectivity index (χ4v) is 3.27. The number of amides is 3. The van der Waals surface area contributed by atoms with Crippen molar-refractivity contribution in [3.63, 3.8) is 0 Å². The Morgan fingerprint density at radius 2 is 2.00 bits per heavy atom. The molecule has 2 aliphatic heterocycles. The molecule has 1 aromatic rings. The van der Waals surface area contributed by atoms with Gasteiger partial charge in [-0.05, 0) is 26.0 Å². The predicted octanol–water partition coefficient (Wildman–Crippen LogP) is 0.922. The number of nitrogens with zero attached hydrogens (tertiary/aromatic N) is 4. The summed E-state index contributed by atoms with van der Waals surface area (Å²) in [6, 6.07) is 5.89. The maximum atomic E-state index is 12.4. The van der Waals surface area contributed by atoms with Crippen molar-refractivity contribution in [1.82, 2.24) is 20.1 Å². The van der Waals surface area contributed by atoms with Gasteiger partial charge in [-0.1, -0.05) is 6.07 Å². The molecule has 2 aliphatic rings. The normalized spacial score (nSPS) is 21.5. The molecule has 2 fully saturated rings. The lowest BCUT2D eigenvalue weighted by Crippen LogP contribution is -2.54. The van der Waals surface area contributed by atoms with Gasteiger partial charge < -0.3 is 20.0 Å². The zero-order valence-electron chi connectivity index (χ0n) is 14.3. The van der Waals surface area contributed by atoms with Crippen LogP contribution in [-0.2, 0) is 4.79 Å². The lowest BCUT2D eigenvalue weighted by atomic mass is 10.2. The standard InChI is InChI=1S/C17H25N5O2/c1-13(2)22-12-14(11-16(22)23)19-17(24)21-9-7-20(8-10-21)15-5-3-4-6-18-15/h3-6,13-14H,7-12H2,1-2H3,(H,19,24). The molecule has 2 saturated heterocycles. The van der Waals surface area contributed by atoms with Crippen molar-refractivity contribution >= 4 is 17.8 Å². The number of likely N-dealkylation sites (tertiary alicyclic amines) is 1. The topological polar surface area (TPSA) is 68.8 Å². The summed E-state index contributed by atoms with van der Waals surface area (Å²) in [5, 5.41) is 3.01. The predicted molar refractivity (Wildman–Crippen MR) is 91.8 cm³/mol. The van der Waals surface area contributed by atoms with Crippen molar-refractivity contribution in [2.75, 3.05) is 37.6 Å². The van der Waals surface area contributed by atoms with E-state index in [1.807, 2.05) is 41.8 Å². The summed E-state index contributed by atoms with van der Waals surface area (Å²) in [6.45, 7) is 7.47. The largest absolute Gasteiger partial charge is 0.353 e. The van der Waals surface area contributed by atoms with E-state index in [-0.39, 0.29) is 24.0 Å². The summed E-state index contributed by atoms with van der Waals surface area (Å²) >= 11 is 0. The first-order valence-electron chi connectivity index (χ1n) is 8.55. The molecule has 0 aromatic carbocycles. The summed E-state index contributed by atoms with van der Waals surface area (Å²) < 4.78 is 0. The van der Waals surface area contributed by atoms with Crippen LogP contribution in [0.5, 0.6) is 0 Å². The minimum atomic E-state index is -0.0822. The molecule has 1 unspecified atom stereocenters. The van der Waals surface area contributed by atoms with Crippen LogP contribution in [0.4, 0.5) is 10.6 Å². The van der Waals surface area contributed by atoms with Crippen LogP contribution < -0.4 is 10.2 Å². The fourth-order valence-electron chi connectivity index (χ4n) is 3.27. The Bertz CT molecular complexity index is 584. The summed E-state index contributed by atoms with van der Waals surface area (Å²) in [6.07, 6.45) is 2.18. The average Bonchev–Trinajstić information content (AvgIpc) is 2.96. The second-order valence-corrected chi connectivity index (χ2v) is 6.65. The van der Waals surface area contributed by atoms with E-state index in [2.05, 4.69) is 15.2 Å². The molecular weight excluding hydrogens is 306 g/mol. The number of hydrogen-bond donors (Lipinski definition) is 1. The zero-order valence-corrected chi connectivity index (χ0v) is 14.3. The van der Waals surface area contributed by atoms with Crippen LogP contribution in [0.2, 0.25) is 0 Å². The molecule has 7 heteroatoms. The SMILES string of the molecule is CC(C)N1CC(NC(=O)N2CCN(c3ccccn3)CC2)CC1=O. The number of aromatic nitrogens is 1. The van der Waals surface area contributed by atoms with Crippen LogP contribution >= 0.6 is 0 Å². The molecule has 0 bridgehead atoms. The van der Waals surface area contributed by atoms with Crippen molar-refractivity contribution in [2.45, 2.75) is 32.4 Å². The number of carbonyl (C=O) groups is 2. The van der Waals surface area contributed by atoms with Crippen molar-refractivity contribution in [3.8, 4) is 0 Å². The van der Waals surface area contributed by atoms with Crippen molar-refractivity contribution < 1.29 is 9.59 Å². The smallest absolute Gasteiger partial charge is 0.317 e. The highest BCUT2D eigenvalue weighted by atomic mass is 16.2. The molecule has 3 rings (SSSR count). The van der Waals surface area contributed by atoms with Gasteiger partial charge in [-0.25, -0.2) is 9.78 Å². The minimum absolute atomic E-state index is 0.0703. The van der Waals surface area contributed by atoms with Crippen LogP contribution in [0, 0.1) is 0 Å². The van der Waals surface area contributed by atoms with Gasteiger partial charge in [-0.3, -0.25) is 4.79 Å². The summed E-state index contributed by atoms with van der Waals surface area (Å²) in [5.74, 6) is 1.07. The molecule has 3 amide bonds. The number of nitrogens with one attached hydrogen (secondary N) is 1. The van der Waals surface area contributed by atoms with Crippen molar-refractivity contribution in [2.24, 2.45) is 0 Å². The molecule has 7 nitrogen and oxygen atoms in total. The molecule has 1 aromatic heterocycles. The monoisotopic (exact) mass is 331 g/mol. The Balaban J connectivity index is 1.48. The molecule has 1 N–H and O–H groups in total. The number of rotatable bonds is 3. The van der Waals surface area contributed by atoms with E-state index in [4.69, 9.17) is 0 Å². The van der Waals surface area contributed by atoms with Crippen LogP contribution in [0.15, 0.2) is 24.4 Å². The van der Waals surface area contributed by atoms with Gasteiger partial charge in [0.25, 0.3) is 0 Å². The van der Waals surface area contributed by atoms with Gasteiger partial charge in [0.2, 0.25) is 5.91 Å². The highest BCUT2D eigenvalue weighted by Crippen LogP contribution is 2.16. The lowest BCUT2D eigenvalue weighted by molar-refractivity contribution is -0.129. The van der Waals surface area contributed by atoms with E-state index >= 15 is 0 Å². The van der Waals surface area contributed by atoms with E-state index in [0.717, 1.165) is 18.9 Å². The maximum absolute atomic E-state index is 12.4. The molecule has 1 atom stereocenters. The Kier molecular flexibility index (Phi) is 4.87. The van der Waals surface area contributed by atoms with Crippen LogP contribution in [0.1, 0.15) is 20.3 Å². The average molecular weight is 331 g/mol. The fraction of sp³-hybridized carbons (Fsp3) is 0.588. The van der Waals surface area contributed by atoms with Crippen LogP contribution in [-0.4, -0.2) is 71.5 Å². The summed E-state index contributed by atoms with van der Waals surface area (Å²) in [4.78, 5) is 34.5. The first-order valence-corrected chi connectivity index (χ1v) is 8.55. The van der Waals surface area contributed by atoms with E-state index in [1.165, 1.54) is 0 Å². The maximum Gasteiger partial charge on any atom is 0.317 e. The number of pyridine rings is 1. The number of anilines is 1. The quantitative estimate of drug-likeness (QED) is 0.894. The Hall–Kier alpha value is -2.31. The molecule has 0 saturated carbocycles. The second-order valence-electron chi connectivity index (χ2n) is 6.65. The van der Waals surface area contributed by atoms with E-state index in [1.54, 1.807) is 6.20 Å². The Labute approximate surface area is 142 Å². The molecule has 0 spiro atoms. The first-order chi connectivity index (χ1) is 11.5. The van der Waals surface area contributed by atoms with E-state index < -0.39 is 0 Å². The number of piperazine rings is 1. The third kappa shape index (κ3) is 3.60. The molecule has 24 heavy (non-hydrogen) atoms. The number of hydrogen-bond acceptors (Lipinski definition) is 4. The molecule has 3 heterocycles. The molecule has 130 valence electrons.